The van der Waals surface area contributed by atoms with E-state index in [0.717, 1.165) is 24.9 Å². The predicted octanol–water partition coefficient (Wildman–Crippen LogP) is 4.18. The molecule has 0 N–H and O–H groups in total. The summed E-state index contributed by atoms with van der Waals surface area (Å²) in [6.07, 6.45) is 5.11. The van der Waals surface area contributed by atoms with Crippen molar-refractivity contribution < 1.29 is 4.79 Å². The number of hydrogen-bond donors (Lipinski definition) is 0. The van der Waals surface area contributed by atoms with Gasteiger partial charge in [0.15, 0.2) is 0 Å². The van der Waals surface area contributed by atoms with Gasteiger partial charge in [-0.15, -0.1) is 0 Å². The third-order valence-corrected chi connectivity index (χ3v) is 7.47. The van der Waals surface area contributed by atoms with Gasteiger partial charge in [-0.25, -0.2) is 4.98 Å². The zero-order chi connectivity index (χ0) is 23.1. The topological polar surface area (TPSA) is 57.9 Å². The van der Waals surface area contributed by atoms with Gasteiger partial charge in [0, 0.05) is 25.8 Å². The highest BCUT2D eigenvalue weighted by Gasteiger charge is 2.32. The van der Waals surface area contributed by atoms with E-state index in [9.17, 15) is 9.59 Å². The van der Waals surface area contributed by atoms with Gasteiger partial charge in [-0.2, -0.15) is 0 Å². The largest absolute Gasteiger partial charge is 0.351 e. The van der Waals surface area contributed by atoms with Crippen molar-refractivity contribution in [2.45, 2.75) is 33.2 Å². The number of benzene rings is 1. The molecule has 168 valence electrons. The Morgan fingerprint density at radius 3 is 2.73 bits per heavy atom. The van der Waals surface area contributed by atoms with Crippen LogP contribution in [0.5, 0.6) is 0 Å². The summed E-state index contributed by atoms with van der Waals surface area (Å²) < 4.78 is 2.10. The van der Waals surface area contributed by atoms with Crippen molar-refractivity contribution in [2.75, 3.05) is 18.0 Å². The van der Waals surface area contributed by atoms with E-state index in [0.29, 0.717) is 39.3 Å². The van der Waals surface area contributed by atoms with Crippen LogP contribution in [0, 0.1) is 6.92 Å². The standard InChI is InChI=1S/C25H24N4O2S2/c1-3-11-29-24(31)20(33-25(29)32)14-19-22(26-21-16(2)7-6-12-28(21)23(19)30)27-13-10-17-8-4-5-9-18(17)15-27/h4-9,12,14H,3,10-11,13,15H2,1-2H3. The first-order valence-corrected chi connectivity index (χ1v) is 12.3. The summed E-state index contributed by atoms with van der Waals surface area (Å²) in [7, 11) is 0. The molecule has 4 heterocycles. The number of nitrogens with zero attached hydrogens (tertiary/aromatic N) is 4. The van der Waals surface area contributed by atoms with Crippen LogP contribution in [0.3, 0.4) is 0 Å². The predicted molar refractivity (Wildman–Crippen MR) is 138 cm³/mol. The zero-order valence-corrected chi connectivity index (χ0v) is 20.2. The van der Waals surface area contributed by atoms with E-state index in [-0.39, 0.29) is 11.5 Å². The first-order chi connectivity index (χ1) is 16.0. The fraction of sp³-hybridized carbons (Fsp3) is 0.280. The molecule has 0 bridgehead atoms. The lowest BCUT2D eigenvalue weighted by Crippen LogP contribution is -2.34. The Bertz CT molecular complexity index is 1380. The van der Waals surface area contributed by atoms with Crippen LogP contribution in [-0.4, -0.2) is 37.6 Å². The summed E-state index contributed by atoms with van der Waals surface area (Å²) in [5.74, 6) is 0.472. The van der Waals surface area contributed by atoms with E-state index in [1.54, 1.807) is 21.6 Å². The number of thioether (sulfide) groups is 1. The van der Waals surface area contributed by atoms with Gasteiger partial charge in [0.2, 0.25) is 0 Å². The minimum atomic E-state index is -0.182. The van der Waals surface area contributed by atoms with Crippen molar-refractivity contribution in [3.05, 3.63) is 80.1 Å². The van der Waals surface area contributed by atoms with Gasteiger partial charge in [0.25, 0.3) is 11.5 Å². The van der Waals surface area contributed by atoms with Crippen LogP contribution in [0.2, 0.25) is 0 Å². The lowest BCUT2D eigenvalue weighted by atomic mass is 9.99. The highest BCUT2D eigenvalue weighted by atomic mass is 32.2. The molecule has 1 aromatic carbocycles. The number of hydrogen-bond acceptors (Lipinski definition) is 6. The van der Waals surface area contributed by atoms with Crippen LogP contribution in [0.25, 0.3) is 11.7 Å². The number of aryl methyl sites for hydroxylation is 1. The van der Waals surface area contributed by atoms with E-state index >= 15 is 0 Å². The third kappa shape index (κ3) is 3.87. The summed E-state index contributed by atoms with van der Waals surface area (Å²) in [6, 6.07) is 12.2. The molecule has 2 aromatic heterocycles. The molecule has 0 saturated carbocycles. The van der Waals surface area contributed by atoms with Gasteiger partial charge in [-0.1, -0.05) is 61.2 Å². The van der Waals surface area contributed by atoms with Crippen molar-refractivity contribution in [3.63, 3.8) is 0 Å². The number of anilines is 1. The zero-order valence-electron chi connectivity index (χ0n) is 18.6. The summed E-state index contributed by atoms with van der Waals surface area (Å²) in [6.45, 7) is 5.96. The van der Waals surface area contributed by atoms with Crippen molar-refractivity contribution >= 4 is 51.7 Å². The Morgan fingerprint density at radius 1 is 1.15 bits per heavy atom. The number of fused-ring (bicyclic) bond motifs is 2. The summed E-state index contributed by atoms with van der Waals surface area (Å²) in [5.41, 5.74) is 4.36. The van der Waals surface area contributed by atoms with Crippen LogP contribution >= 0.6 is 24.0 Å². The van der Waals surface area contributed by atoms with Crippen molar-refractivity contribution in [1.82, 2.24) is 14.3 Å². The third-order valence-electron chi connectivity index (χ3n) is 6.09. The first kappa shape index (κ1) is 21.9. The Hall–Kier alpha value is -2.97. The molecule has 0 radical (unpaired) electrons. The number of pyridine rings is 1. The van der Waals surface area contributed by atoms with Crippen LogP contribution in [0.15, 0.2) is 52.3 Å². The van der Waals surface area contributed by atoms with Crippen LogP contribution in [-0.2, 0) is 17.8 Å². The average molecular weight is 477 g/mol. The lowest BCUT2D eigenvalue weighted by Gasteiger charge is -2.31. The second kappa shape index (κ2) is 8.76. The quantitative estimate of drug-likeness (QED) is 0.416. The van der Waals surface area contributed by atoms with Gasteiger partial charge in [0.05, 0.1) is 10.5 Å². The van der Waals surface area contributed by atoms with E-state index in [4.69, 9.17) is 17.2 Å². The van der Waals surface area contributed by atoms with Gasteiger partial charge in [-0.3, -0.25) is 18.9 Å². The molecule has 3 aromatic rings. The summed E-state index contributed by atoms with van der Waals surface area (Å²) in [5, 5.41) is 0. The molecule has 2 aliphatic rings. The van der Waals surface area contributed by atoms with Crippen molar-refractivity contribution in [2.24, 2.45) is 0 Å². The van der Waals surface area contributed by atoms with Gasteiger partial charge in [-0.05, 0) is 48.6 Å². The van der Waals surface area contributed by atoms with Crippen LogP contribution < -0.4 is 10.5 Å². The Balaban J connectivity index is 1.67. The number of aromatic nitrogens is 2. The SMILES string of the molecule is CCCN1C(=O)C(=Cc2c(N3CCc4ccccc4C3)nc3c(C)cccn3c2=O)SC1=S. The maximum atomic E-state index is 13.7. The number of carbonyl (C=O) groups is 1. The van der Waals surface area contributed by atoms with Crippen LogP contribution in [0.1, 0.15) is 35.6 Å². The molecule has 0 aliphatic carbocycles. The average Bonchev–Trinajstić information content (AvgIpc) is 3.08. The smallest absolute Gasteiger partial charge is 0.267 e. The Kier molecular flexibility index (Phi) is 5.80. The molecule has 2 aliphatic heterocycles. The summed E-state index contributed by atoms with van der Waals surface area (Å²) >= 11 is 6.68. The normalized spacial score (nSPS) is 17.3. The second-order valence-electron chi connectivity index (χ2n) is 8.31. The number of rotatable bonds is 4. The highest BCUT2D eigenvalue weighted by molar-refractivity contribution is 8.26. The monoisotopic (exact) mass is 476 g/mol. The van der Waals surface area contributed by atoms with E-state index in [1.165, 1.54) is 22.9 Å². The Morgan fingerprint density at radius 2 is 1.94 bits per heavy atom. The molecular formula is C25H24N4O2S2. The maximum absolute atomic E-state index is 13.7. The number of thiocarbonyl (C=S) groups is 1. The fourth-order valence-corrected chi connectivity index (χ4v) is 5.68. The number of carbonyl (C=O) groups excluding carboxylic acids is 1. The highest BCUT2D eigenvalue weighted by Crippen LogP contribution is 2.34. The van der Waals surface area contributed by atoms with Crippen molar-refractivity contribution in [1.29, 1.82) is 0 Å². The molecule has 0 unspecified atom stereocenters. The van der Waals surface area contributed by atoms with Gasteiger partial charge in [0.1, 0.15) is 15.8 Å². The van der Waals surface area contributed by atoms with E-state index in [2.05, 4.69) is 23.1 Å². The molecule has 1 fully saturated rings. The van der Waals surface area contributed by atoms with Gasteiger partial charge < -0.3 is 4.90 Å². The minimum Gasteiger partial charge on any atom is -0.351 e. The minimum absolute atomic E-state index is 0.143. The molecule has 5 rings (SSSR count). The van der Waals surface area contributed by atoms with E-state index in [1.807, 2.05) is 32.0 Å². The molecule has 1 amide bonds. The fourth-order valence-electron chi connectivity index (χ4n) is 4.39. The Labute approximate surface area is 201 Å². The van der Waals surface area contributed by atoms with Gasteiger partial charge >= 0.3 is 0 Å². The molecule has 1 saturated heterocycles. The summed E-state index contributed by atoms with van der Waals surface area (Å²) in [4.78, 5) is 35.8. The molecule has 33 heavy (non-hydrogen) atoms. The number of amides is 1. The maximum Gasteiger partial charge on any atom is 0.267 e. The molecule has 6 nitrogen and oxygen atoms in total. The molecule has 8 heteroatoms. The van der Waals surface area contributed by atoms with Crippen molar-refractivity contribution in [3.8, 4) is 0 Å². The van der Waals surface area contributed by atoms with E-state index < -0.39 is 0 Å². The van der Waals surface area contributed by atoms with Crippen LogP contribution in [0.4, 0.5) is 5.82 Å². The second-order valence-corrected chi connectivity index (χ2v) is 9.99. The molecule has 0 spiro atoms. The molecule has 0 atom stereocenters. The first-order valence-electron chi connectivity index (χ1n) is 11.1. The molecular weight excluding hydrogens is 452 g/mol. The lowest BCUT2D eigenvalue weighted by molar-refractivity contribution is -0.122.